The van der Waals surface area contributed by atoms with Crippen molar-refractivity contribution in [3.63, 3.8) is 0 Å². The summed E-state index contributed by atoms with van der Waals surface area (Å²) in [5.41, 5.74) is 36.4. The van der Waals surface area contributed by atoms with Gasteiger partial charge in [-0.05, 0) is 221 Å². The molecule has 0 atom stereocenters. The van der Waals surface area contributed by atoms with Crippen molar-refractivity contribution < 1.29 is 17.7 Å². The van der Waals surface area contributed by atoms with E-state index >= 15 is 0 Å². The van der Waals surface area contributed by atoms with Crippen LogP contribution in [0.15, 0.2) is 357 Å². The number of nitrogens with zero attached hydrogens (tertiary/aromatic N) is 3. The van der Waals surface area contributed by atoms with Crippen LogP contribution in [0.25, 0.3) is 182 Å². The van der Waals surface area contributed by atoms with E-state index in [1.54, 1.807) is 0 Å². The predicted molar refractivity (Wildman–Crippen MR) is 531 cm³/mol. The Morgan fingerprint density at radius 1 is 0.222 bits per heavy atom. The van der Waals surface area contributed by atoms with Crippen LogP contribution >= 0.6 is 0 Å². The molecule has 0 saturated heterocycles. The van der Waals surface area contributed by atoms with Gasteiger partial charge in [0.2, 0.25) is 0 Å². The Hall–Kier alpha value is -14.6. The minimum absolute atomic E-state index is 0.110. The lowest BCUT2D eigenvalue weighted by molar-refractivity contribution is 0.590. The number of hydrogen-bond acceptors (Lipinski definition) is 6. The van der Waals surface area contributed by atoms with Crippen molar-refractivity contribution in [2.24, 2.45) is 0 Å². The SMILES string of the molecule is CC(C)(C)c1cc(-c2ccccc2)c(N2c3cc(-c4ccc5oc6ccccc6c5c4)ccc3B3c4ccc(-n5c6ccc(C(C)(C)C)cc6c6cc(C(C)(C)C)ccc65)cc4N(c4c(-c5ccccc5)cc(C(C)(C)C)cc4-c4cccc5c4oc4ccccc45)c4cc(-c5ccc6oc7ccccc7c6c5)cc2c43)c(-c2cccc3c2oc2ccccc23)c1. The van der Waals surface area contributed by atoms with Gasteiger partial charge in [0.05, 0.1) is 22.4 Å². The van der Waals surface area contributed by atoms with Crippen molar-refractivity contribution in [1.82, 2.24) is 4.57 Å². The van der Waals surface area contributed by atoms with Gasteiger partial charge in [-0.2, -0.15) is 0 Å². The summed E-state index contributed by atoms with van der Waals surface area (Å²) >= 11 is 0. The van der Waals surface area contributed by atoms with Crippen LogP contribution in [-0.2, 0) is 21.7 Å². The highest BCUT2D eigenvalue weighted by atomic mass is 16.3. The summed E-state index contributed by atoms with van der Waals surface area (Å²) in [5.74, 6) is 0. The Bertz CT molecular complexity index is 8270. The second-order valence-corrected chi connectivity index (χ2v) is 39.1. The summed E-state index contributed by atoms with van der Waals surface area (Å²) in [4.78, 5) is 5.42. The molecule has 2 aliphatic rings. The van der Waals surface area contributed by atoms with Crippen molar-refractivity contribution in [2.75, 3.05) is 9.80 Å². The van der Waals surface area contributed by atoms with E-state index in [4.69, 9.17) is 17.7 Å². The Labute approximate surface area is 733 Å². The van der Waals surface area contributed by atoms with Gasteiger partial charge in [-0.3, -0.25) is 0 Å². The molecule has 0 saturated carbocycles. The minimum Gasteiger partial charge on any atom is -0.456 e. The largest absolute Gasteiger partial charge is 0.456 e. The quantitative estimate of drug-likeness (QED) is 0.134. The number of furan rings is 4. The maximum Gasteiger partial charge on any atom is 0.252 e. The zero-order chi connectivity index (χ0) is 85.3. The highest BCUT2D eigenvalue weighted by Gasteiger charge is 2.47. The van der Waals surface area contributed by atoms with E-state index in [0.29, 0.717) is 0 Å². The van der Waals surface area contributed by atoms with Crippen LogP contribution in [0.4, 0.5) is 34.1 Å². The van der Waals surface area contributed by atoms with Gasteiger partial charge in [0.25, 0.3) is 6.71 Å². The van der Waals surface area contributed by atoms with Gasteiger partial charge in [0.15, 0.2) is 0 Å². The molecule has 0 spiro atoms. The molecule has 24 rings (SSSR count). The van der Waals surface area contributed by atoms with E-state index in [-0.39, 0.29) is 28.4 Å². The van der Waals surface area contributed by atoms with Gasteiger partial charge in [0, 0.05) is 116 Å². The van der Waals surface area contributed by atoms with Crippen molar-refractivity contribution in [3.8, 4) is 72.4 Å². The van der Waals surface area contributed by atoms with Crippen LogP contribution in [0.3, 0.4) is 0 Å². The molecule has 0 fully saturated rings. The molecular weight excluding hydrogens is 1530 g/mol. The van der Waals surface area contributed by atoms with Gasteiger partial charge in [-0.1, -0.05) is 295 Å². The van der Waals surface area contributed by atoms with Crippen LogP contribution in [0.2, 0.25) is 0 Å². The Balaban J connectivity index is 0.901. The summed E-state index contributed by atoms with van der Waals surface area (Å²) in [6.07, 6.45) is 0. The summed E-state index contributed by atoms with van der Waals surface area (Å²) < 4.78 is 30.8. The third-order valence-corrected chi connectivity index (χ3v) is 27.2. The molecule has 17 aromatic carbocycles. The molecule has 5 aromatic heterocycles. The lowest BCUT2D eigenvalue weighted by Gasteiger charge is -2.46. The summed E-state index contributed by atoms with van der Waals surface area (Å²) in [6.45, 7) is 27.7. The monoisotopic (exact) mass is 1630 g/mol. The molecular formula is C118H92BN3O4. The van der Waals surface area contributed by atoms with Crippen LogP contribution in [0, 0.1) is 0 Å². The molecule has 0 aliphatic carbocycles. The zero-order valence-electron chi connectivity index (χ0n) is 72.9. The number of anilines is 6. The number of rotatable bonds is 9. The third-order valence-electron chi connectivity index (χ3n) is 27.2. The number of hydrogen-bond donors (Lipinski definition) is 0. The van der Waals surface area contributed by atoms with Crippen LogP contribution in [-0.4, -0.2) is 11.3 Å². The maximum atomic E-state index is 7.40. The van der Waals surface area contributed by atoms with E-state index in [1.165, 1.54) is 33.0 Å². The molecule has 8 heteroatoms. The van der Waals surface area contributed by atoms with Gasteiger partial charge in [0.1, 0.15) is 44.7 Å². The average Bonchev–Trinajstić information content (AvgIpc) is 1.06. The summed E-state index contributed by atoms with van der Waals surface area (Å²) in [5, 5.41) is 10.9. The van der Waals surface area contributed by atoms with E-state index in [2.05, 4.69) is 437 Å². The molecule has 22 aromatic rings. The highest BCUT2D eigenvalue weighted by Crippen LogP contribution is 2.58. The van der Waals surface area contributed by atoms with Crippen molar-refractivity contribution in [3.05, 3.63) is 362 Å². The molecule has 0 amide bonds. The minimum atomic E-state index is -0.389. The first kappa shape index (κ1) is 75.2. The lowest BCUT2D eigenvalue weighted by Crippen LogP contribution is -2.61. The van der Waals surface area contributed by atoms with Gasteiger partial charge in [-0.25, -0.2) is 0 Å². The van der Waals surface area contributed by atoms with E-state index in [0.717, 1.165) is 222 Å². The van der Waals surface area contributed by atoms with Gasteiger partial charge >= 0.3 is 0 Å². The van der Waals surface area contributed by atoms with Crippen molar-refractivity contribution in [2.45, 2.75) is 105 Å². The van der Waals surface area contributed by atoms with Crippen molar-refractivity contribution in [1.29, 1.82) is 0 Å². The average molecular weight is 1630 g/mol. The fourth-order valence-electron chi connectivity index (χ4n) is 20.6. The molecule has 2 aliphatic heterocycles. The first-order valence-corrected chi connectivity index (χ1v) is 44.3. The third kappa shape index (κ3) is 11.7. The summed E-state index contributed by atoms with van der Waals surface area (Å²) in [7, 11) is 0. The molecule has 0 radical (unpaired) electrons. The molecule has 606 valence electrons. The smallest absolute Gasteiger partial charge is 0.252 e. The van der Waals surface area contributed by atoms with Crippen molar-refractivity contribution >= 4 is 167 Å². The fraction of sp³-hybridized carbons (Fsp3) is 0.136. The first-order valence-electron chi connectivity index (χ1n) is 44.3. The highest BCUT2D eigenvalue weighted by molar-refractivity contribution is 7.00. The molecule has 0 bridgehead atoms. The maximum absolute atomic E-state index is 7.40. The standard InChI is InChI=1S/C118H92BN3O4/c1-115(2,3)75-48-53-98-90(62-75)91-63-76(116(4,5)6)49-54-99(91)120(98)79-50-52-97-101(68-79)122(112-89(70-31-17-14-18-32-70)65-78(118(10,11)12)67-95(112)87-40-28-38-85-81-34-20-26-44-107(81)126-114(85)87)103-61-74(72-47-56-109-93(58-72)83-36-22-24-42-105(83)124-109)60-102-110(103)119(97)96-51-45-73(71-46-55-108-92(57-71)82-35-21-23-41-104(82)123-108)59-100(96)121(102)111-88(69-29-15-13-16-30-69)64-77(117(7,8)9)66-94(111)86-39-27-37-84-80-33-19-25-43-106(80)125-113(84)86/h13-68H,1-12H3. The Morgan fingerprint density at radius 3 is 1.03 bits per heavy atom. The number of benzene rings is 17. The second kappa shape index (κ2) is 27.5. The molecule has 126 heavy (non-hydrogen) atoms. The van der Waals surface area contributed by atoms with E-state index in [1.807, 2.05) is 0 Å². The van der Waals surface area contributed by atoms with Crippen LogP contribution < -0.4 is 26.2 Å². The fourth-order valence-corrected chi connectivity index (χ4v) is 20.6. The normalized spacial score (nSPS) is 13.2. The number of aromatic nitrogens is 1. The van der Waals surface area contributed by atoms with Crippen LogP contribution in [0.1, 0.15) is 105 Å². The van der Waals surface area contributed by atoms with Gasteiger partial charge in [-0.15, -0.1) is 0 Å². The molecule has 7 heterocycles. The van der Waals surface area contributed by atoms with E-state index in [9.17, 15) is 0 Å². The van der Waals surface area contributed by atoms with E-state index < -0.39 is 0 Å². The lowest BCUT2D eigenvalue weighted by atomic mass is 9.33. The Kier molecular flexibility index (Phi) is 16.4. The number of para-hydroxylation sites is 6. The van der Waals surface area contributed by atoms with Crippen LogP contribution in [0.5, 0.6) is 0 Å². The second-order valence-electron chi connectivity index (χ2n) is 39.1. The predicted octanol–water partition coefficient (Wildman–Crippen LogP) is 31.7. The summed E-state index contributed by atoms with van der Waals surface area (Å²) in [6, 6.07) is 128. The molecule has 0 unspecified atom stereocenters. The number of fused-ring (bicyclic) bond motifs is 19. The van der Waals surface area contributed by atoms with Gasteiger partial charge < -0.3 is 32.0 Å². The topological polar surface area (TPSA) is 64.0 Å². The Morgan fingerprint density at radius 2 is 0.579 bits per heavy atom. The molecule has 0 N–H and O–H groups in total. The zero-order valence-corrected chi connectivity index (χ0v) is 72.9. The first-order chi connectivity index (χ1) is 61.0. The molecule has 7 nitrogen and oxygen atoms in total.